The van der Waals surface area contributed by atoms with Crippen LogP contribution in [0.5, 0.6) is 0 Å². The number of carbonyl (C=O) groups is 1. The predicted octanol–water partition coefficient (Wildman–Crippen LogP) is 4.06. The normalized spacial score (nSPS) is 22.5. The van der Waals surface area contributed by atoms with Crippen LogP contribution in [0.15, 0.2) is 17.5 Å². The lowest BCUT2D eigenvalue weighted by atomic mass is 9.93. The van der Waals surface area contributed by atoms with E-state index in [0.29, 0.717) is 6.54 Å². The maximum Gasteiger partial charge on any atom is 0.232 e. The molecule has 1 amide bonds. The van der Waals surface area contributed by atoms with Crippen molar-refractivity contribution < 1.29 is 4.79 Å². The third-order valence-electron chi connectivity index (χ3n) is 4.70. The van der Waals surface area contributed by atoms with E-state index in [1.165, 1.54) is 9.75 Å². The number of thiazole rings is 1. The van der Waals surface area contributed by atoms with Crippen LogP contribution in [0.4, 0.5) is 0 Å². The molecule has 1 aliphatic carbocycles. The molecule has 118 valence electrons. The summed E-state index contributed by atoms with van der Waals surface area (Å²) in [7, 11) is 0. The maximum absolute atomic E-state index is 12.9. The van der Waals surface area contributed by atoms with E-state index in [1.807, 2.05) is 13.0 Å². The highest BCUT2D eigenvalue weighted by molar-refractivity contribution is 7.11. The van der Waals surface area contributed by atoms with E-state index >= 15 is 0 Å². The van der Waals surface area contributed by atoms with Crippen molar-refractivity contribution >= 4 is 28.6 Å². The molecule has 1 fully saturated rings. The molecule has 0 saturated heterocycles. The minimum absolute atomic E-state index is 0.0408. The van der Waals surface area contributed by atoms with Gasteiger partial charge in [-0.2, -0.15) is 0 Å². The van der Waals surface area contributed by atoms with Gasteiger partial charge in [-0.3, -0.25) is 4.79 Å². The first-order valence-corrected chi connectivity index (χ1v) is 9.38. The second kappa shape index (κ2) is 5.46. The molecule has 1 N–H and O–H groups in total. The Morgan fingerprint density at radius 1 is 1.45 bits per heavy atom. The van der Waals surface area contributed by atoms with E-state index in [0.717, 1.165) is 23.5 Å². The summed E-state index contributed by atoms with van der Waals surface area (Å²) in [5.74, 6) is 0.160. The lowest BCUT2D eigenvalue weighted by molar-refractivity contribution is -0.124. The van der Waals surface area contributed by atoms with Crippen molar-refractivity contribution in [3.05, 3.63) is 38.0 Å². The zero-order valence-corrected chi connectivity index (χ0v) is 15.2. The Labute approximate surface area is 139 Å². The molecule has 0 aliphatic heterocycles. The Bertz CT molecular complexity index is 688. The van der Waals surface area contributed by atoms with Crippen LogP contribution in [0.2, 0.25) is 0 Å². The number of thiophene rings is 1. The first kappa shape index (κ1) is 15.7. The van der Waals surface area contributed by atoms with Crippen LogP contribution in [0.1, 0.15) is 47.6 Å². The maximum atomic E-state index is 12.9. The summed E-state index contributed by atoms with van der Waals surface area (Å²) in [5.41, 5.74) is 0.815. The number of hydrogen-bond donors (Lipinski definition) is 1. The Morgan fingerprint density at radius 3 is 2.73 bits per heavy atom. The number of rotatable bonds is 5. The molecular weight excluding hydrogens is 312 g/mol. The molecule has 3 rings (SSSR count). The molecule has 0 bridgehead atoms. The summed E-state index contributed by atoms with van der Waals surface area (Å²) in [6, 6.07) is 4.12. The first-order valence-electron chi connectivity index (χ1n) is 7.68. The highest BCUT2D eigenvalue weighted by atomic mass is 32.1. The highest BCUT2D eigenvalue weighted by Crippen LogP contribution is 2.65. The predicted molar refractivity (Wildman–Crippen MR) is 92.5 cm³/mol. The van der Waals surface area contributed by atoms with Gasteiger partial charge in [-0.05, 0) is 36.6 Å². The zero-order chi connectivity index (χ0) is 16.0. The minimum Gasteiger partial charge on any atom is -0.350 e. The fraction of sp³-hybridized carbons (Fsp3) is 0.529. The minimum atomic E-state index is -0.340. The van der Waals surface area contributed by atoms with E-state index in [2.05, 4.69) is 42.5 Å². The molecule has 1 aliphatic rings. The molecule has 0 spiro atoms. The number of carbonyl (C=O) groups excluding carboxylic acids is 1. The van der Waals surface area contributed by atoms with Crippen LogP contribution in [0, 0.1) is 12.3 Å². The van der Waals surface area contributed by atoms with E-state index in [-0.39, 0.29) is 16.7 Å². The molecule has 1 saturated carbocycles. The third kappa shape index (κ3) is 2.40. The van der Waals surface area contributed by atoms with Crippen molar-refractivity contribution in [3.8, 4) is 0 Å². The Balaban J connectivity index is 1.77. The van der Waals surface area contributed by atoms with Crippen molar-refractivity contribution in [3.63, 3.8) is 0 Å². The molecule has 3 nitrogen and oxygen atoms in total. The first-order chi connectivity index (χ1) is 10.4. The van der Waals surface area contributed by atoms with E-state index in [1.54, 1.807) is 22.7 Å². The van der Waals surface area contributed by atoms with Crippen molar-refractivity contribution in [1.82, 2.24) is 10.3 Å². The van der Waals surface area contributed by atoms with E-state index in [4.69, 9.17) is 0 Å². The van der Waals surface area contributed by atoms with E-state index < -0.39 is 0 Å². The Morgan fingerprint density at radius 2 is 2.18 bits per heavy atom. The summed E-state index contributed by atoms with van der Waals surface area (Å²) in [6.45, 7) is 9.08. The molecule has 0 radical (unpaired) electrons. The number of amides is 1. The van der Waals surface area contributed by atoms with Gasteiger partial charge in [0.25, 0.3) is 0 Å². The van der Waals surface area contributed by atoms with Crippen LogP contribution in [-0.4, -0.2) is 10.9 Å². The van der Waals surface area contributed by atoms with Gasteiger partial charge in [-0.15, -0.1) is 22.7 Å². The average molecular weight is 335 g/mol. The molecule has 1 atom stereocenters. The zero-order valence-electron chi connectivity index (χ0n) is 13.5. The van der Waals surface area contributed by atoms with Gasteiger partial charge in [0, 0.05) is 9.75 Å². The smallest absolute Gasteiger partial charge is 0.232 e. The van der Waals surface area contributed by atoms with Gasteiger partial charge in [-0.25, -0.2) is 4.98 Å². The van der Waals surface area contributed by atoms with Gasteiger partial charge in [0.15, 0.2) is 0 Å². The van der Waals surface area contributed by atoms with Gasteiger partial charge in [0.1, 0.15) is 0 Å². The third-order valence-corrected chi connectivity index (χ3v) is 6.74. The monoisotopic (exact) mass is 334 g/mol. The Kier molecular flexibility index (Phi) is 3.89. The van der Waals surface area contributed by atoms with Gasteiger partial charge in [0.05, 0.1) is 22.7 Å². The molecular formula is C17H22N2OS2. The van der Waals surface area contributed by atoms with Crippen LogP contribution in [0.3, 0.4) is 0 Å². The second-order valence-corrected chi connectivity index (χ2v) is 8.82. The average Bonchev–Trinajstić information content (AvgIpc) is 2.90. The summed E-state index contributed by atoms with van der Waals surface area (Å²) < 4.78 is 0. The van der Waals surface area contributed by atoms with Gasteiger partial charge in [-0.1, -0.05) is 26.8 Å². The van der Waals surface area contributed by atoms with Gasteiger partial charge >= 0.3 is 0 Å². The van der Waals surface area contributed by atoms with Crippen LogP contribution in [0.25, 0.3) is 0 Å². The van der Waals surface area contributed by atoms with Crippen molar-refractivity contribution in [1.29, 1.82) is 0 Å². The lowest BCUT2D eigenvalue weighted by Gasteiger charge is -2.18. The van der Waals surface area contributed by atoms with Crippen molar-refractivity contribution in [2.24, 2.45) is 5.41 Å². The number of hydrogen-bond acceptors (Lipinski definition) is 4. The van der Waals surface area contributed by atoms with Gasteiger partial charge < -0.3 is 5.32 Å². The topological polar surface area (TPSA) is 42.0 Å². The van der Waals surface area contributed by atoms with Gasteiger partial charge in [0.2, 0.25) is 5.91 Å². The van der Waals surface area contributed by atoms with Crippen molar-refractivity contribution in [2.75, 3.05) is 0 Å². The van der Waals surface area contributed by atoms with Crippen LogP contribution in [-0.2, 0) is 23.2 Å². The number of aryl methyl sites for hydroxylation is 2. The molecule has 2 aromatic rings. The molecule has 1 unspecified atom stereocenters. The molecule has 5 heteroatoms. The molecule has 2 aromatic heterocycles. The highest BCUT2D eigenvalue weighted by Gasteiger charge is 2.67. The molecule has 0 aromatic carbocycles. The fourth-order valence-electron chi connectivity index (χ4n) is 3.30. The fourth-order valence-corrected chi connectivity index (χ4v) is 5.37. The van der Waals surface area contributed by atoms with Crippen LogP contribution < -0.4 is 5.32 Å². The number of aromatic nitrogens is 1. The summed E-state index contributed by atoms with van der Waals surface area (Å²) in [6.07, 6.45) is 1.84. The quantitative estimate of drug-likeness (QED) is 0.896. The molecule has 22 heavy (non-hydrogen) atoms. The summed E-state index contributed by atoms with van der Waals surface area (Å²) in [5, 5.41) is 6.30. The Hall–Kier alpha value is -1.20. The number of nitrogens with one attached hydrogen (secondary N) is 1. The second-order valence-electron chi connectivity index (χ2n) is 6.58. The molecule has 2 heterocycles. The standard InChI is InChI=1S/C17H22N2OS2/c1-5-12-13(22-11(2)19-12)9-18-15(20)17(10-16(17,3)4)14-7-6-8-21-14/h6-8H,5,9-10H2,1-4H3,(H,18,20). The summed E-state index contributed by atoms with van der Waals surface area (Å²) >= 11 is 3.37. The van der Waals surface area contributed by atoms with Crippen LogP contribution >= 0.6 is 22.7 Å². The SMILES string of the molecule is CCc1nc(C)sc1CNC(=O)C1(c2cccs2)CC1(C)C. The lowest BCUT2D eigenvalue weighted by Crippen LogP contribution is -2.36. The number of nitrogens with zero attached hydrogens (tertiary/aromatic N) is 1. The van der Waals surface area contributed by atoms with E-state index in [9.17, 15) is 4.79 Å². The largest absolute Gasteiger partial charge is 0.350 e. The summed E-state index contributed by atoms with van der Waals surface area (Å²) in [4.78, 5) is 19.8. The van der Waals surface area contributed by atoms with Crippen molar-refractivity contribution in [2.45, 2.75) is 52.5 Å².